The summed E-state index contributed by atoms with van der Waals surface area (Å²) in [4.78, 5) is 25.2. The molecule has 2 bridgehead atoms. The van der Waals surface area contributed by atoms with Crippen molar-refractivity contribution in [3.8, 4) is 11.1 Å². The highest BCUT2D eigenvalue weighted by Gasteiger charge is 2.43. The van der Waals surface area contributed by atoms with E-state index in [1.54, 1.807) is 0 Å². The Kier molecular flexibility index (Phi) is 4.57. The van der Waals surface area contributed by atoms with Crippen LogP contribution in [-0.4, -0.2) is 19.0 Å². The van der Waals surface area contributed by atoms with E-state index in [1.807, 2.05) is 36.6 Å². The Labute approximate surface area is 157 Å². The molecule has 1 N–H and O–H groups in total. The number of nitrogens with one attached hydrogen (secondary N) is 1. The zero-order valence-corrected chi connectivity index (χ0v) is 15.9. The summed E-state index contributed by atoms with van der Waals surface area (Å²) in [5.74, 6) is 0.953. The van der Waals surface area contributed by atoms with Gasteiger partial charge in [-0.25, -0.2) is 4.79 Å². The van der Waals surface area contributed by atoms with Crippen LogP contribution in [0.25, 0.3) is 11.1 Å². The van der Waals surface area contributed by atoms with Gasteiger partial charge in [-0.3, -0.25) is 4.79 Å². The minimum absolute atomic E-state index is 0.0552. The van der Waals surface area contributed by atoms with Gasteiger partial charge < -0.3 is 10.1 Å². The number of benzene rings is 1. The number of fused-ring (bicyclic) bond motifs is 2. The second-order valence-corrected chi connectivity index (χ2v) is 8.36. The van der Waals surface area contributed by atoms with Gasteiger partial charge >= 0.3 is 5.97 Å². The highest BCUT2D eigenvalue weighted by Crippen LogP contribution is 2.49. The van der Waals surface area contributed by atoms with Crippen molar-refractivity contribution in [2.75, 3.05) is 12.4 Å². The van der Waals surface area contributed by atoms with E-state index in [0.29, 0.717) is 22.4 Å². The molecule has 3 unspecified atom stereocenters. The standard InChI is InChI=1S/C21H23NO3S/c1-12-3-6-14(7-4-12)17-11-26-20(18(17)21(24)25-2)22-19(23)16-10-13-5-8-15(16)9-13/h3-4,6-7,11,13,15-16H,5,8-10H2,1-2H3,(H,22,23). The number of carbonyl (C=O) groups is 2. The zero-order valence-electron chi connectivity index (χ0n) is 15.1. The van der Waals surface area contributed by atoms with E-state index in [9.17, 15) is 9.59 Å². The van der Waals surface area contributed by atoms with Gasteiger partial charge in [0.15, 0.2) is 0 Å². The topological polar surface area (TPSA) is 55.4 Å². The molecule has 2 aliphatic carbocycles. The van der Waals surface area contributed by atoms with Gasteiger partial charge in [-0.2, -0.15) is 0 Å². The zero-order chi connectivity index (χ0) is 18.3. The Bertz CT molecular complexity index is 839. The average molecular weight is 369 g/mol. The van der Waals surface area contributed by atoms with Crippen LogP contribution in [0.1, 0.15) is 41.6 Å². The Morgan fingerprint density at radius 3 is 2.54 bits per heavy atom. The normalized spacial score (nSPS) is 23.8. The Hall–Kier alpha value is -2.14. The summed E-state index contributed by atoms with van der Waals surface area (Å²) in [5.41, 5.74) is 3.38. The van der Waals surface area contributed by atoms with Gasteiger partial charge in [0.2, 0.25) is 5.91 Å². The van der Waals surface area contributed by atoms with E-state index in [4.69, 9.17) is 4.74 Å². The van der Waals surface area contributed by atoms with Crippen LogP contribution in [0.2, 0.25) is 0 Å². The lowest BCUT2D eigenvalue weighted by atomic mass is 9.88. The van der Waals surface area contributed by atoms with Crippen molar-refractivity contribution >= 4 is 28.2 Å². The van der Waals surface area contributed by atoms with Crippen LogP contribution in [0, 0.1) is 24.7 Å². The first-order valence-electron chi connectivity index (χ1n) is 9.14. The molecule has 2 saturated carbocycles. The molecule has 4 rings (SSSR count). The molecule has 0 saturated heterocycles. The predicted octanol–water partition coefficient (Wildman–Crippen LogP) is 4.88. The maximum atomic E-state index is 12.8. The number of hydrogen-bond donors (Lipinski definition) is 1. The molecule has 3 atom stereocenters. The van der Waals surface area contributed by atoms with Gasteiger partial charge in [-0.15, -0.1) is 11.3 Å². The number of rotatable bonds is 4. The summed E-state index contributed by atoms with van der Waals surface area (Å²) in [5, 5.41) is 5.55. The molecule has 136 valence electrons. The van der Waals surface area contributed by atoms with Crippen molar-refractivity contribution in [3.63, 3.8) is 0 Å². The van der Waals surface area contributed by atoms with Gasteiger partial charge in [0.25, 0.3) is 0 Å². The lowest BCUT2D eigenvalue weighted by Crippen LogP contribution is -2.27. The van der Waals surface area contributed by atoms with E-state index in [2.05, 4.69) is 5.32 Å². The Morgan fingerprint density at radius 1 is 1.15 bits per heavy atom. The van der Waals surface area contributed by atoms with E-state index in [-0.39, 0.29) is 11.8 Å². The first-order valence-corrected chi connectivity index (χ1v) is 10.0. The number of amides is 1. The highest BCUT2D eigenvalue weighted by atomic mass is 32.1. The number of hydrogen-bond acceptors (Lipinski definition) is 4. The first kappa shape index (κ1) is 17.3. The molecular formula is C21H23NO3S. The van der Waals surface area contributed by atoms with Crippen LogP contribution in [0.4, 0.5) is 5.00 Å². The third-order valence-corrected chi connectivity index (χ3v) is 6.75. The second-order valence-electron chi connectivity index (χ2n) is 7.48. The average Bonchev–Trinajstić information content (AvgIpc) is 3.37. The fourth-order valence-corrected chi connectivity index (χ4v) is 5.43. The molecule has 0 aliphatic heterocycles. The minimum Gasteiger partial charge on any atom is -0.465 e. The second kappa shape index (κ2) is 6.88. The summed E-state index contributed by atoms with van der Waals surface area (Å²) < 4.78 is 4.99. The van der Waals surface area contributed by atoms with Crippen LogP contribution in [0.3, 0.4) is 0 Å². The third-order valence-electron chi connectivity index (χ3n) is 5.85. The molecule has 1 aromatic carbocycles. The molecule has 5 heteroatoms. The van der Waals surface area contributed by atoms with Gasteiger partial charge in [0.05, 0.1) is 7.11 Å². The lowest BCUT2D eigenvalue weighted by molar-refractivity contribution is -0.121. The lowest BCUT2D eigenvalue weighted by Gasteiger charge is -2.20. The molecule has 1 amide bonds. The molecule has 0 radical (unpaired) electrons. The van der Waals surface area contributed by atoms with Crippen molar-refractivity contribution in [3.05, 3.63) is 40.8 Å². The monoisotopic (exact) mass is 369 g/mol. The van der Waals surface area contributed by atoms with Crippen LogP contribution >= 0.6 is 11.3 Å². The molecule has 26 heavy (non-hydrogen) atoms. The van der Waals surface area contributed by atoms with Crippen molar-refractivity contribution in [1.29, 1.82) is 0 Å². The number of aryl methyl sites for hydroxylation is 1. The molecule has 2 fully saturated rings. The van der Waals surface area contributed by atoms with Gasteiger partial charge in [-0.05, 0) is 43.6 Å². The Balaban J connectivity index is 1.62. The fourth-order valence-electron chi connectivity index (χ4n) is 4.47. The van der Waals surface area contributed by atoms with E-state index >= 15 is 0 Å². The molecule has 1 heterocycles. The molecule has 2 aromatic rings. The van der Waals surface area contributed by atoms with Crippen molar-refractivity contribution in [2.24, 2.45) is 17.8 Å². The maximum Gasteiger partial charge on any atom is 0.341 e. The van der Waals surface area contributed by atoms with E-state index in [1.165, 1.54) is 31.3 Å². The number of esters is 1. The fraction of sp³-hybridized carbons (Fsp3) is 0.429. The number of anilines is 1. The largest absolute Gasteiger partial charge is 0.465 e. The SMILES string of the molecule is COC(=O)c1c(-c2ccc(C)cc2)csc1NC(=O)C1CC2CCC1C2. The molecule has 2 aliphatic rings. The summed E-state index contributed by atoms with van der Waals surface area (Å²) in [6, 6.07) is 8.01. The predicted molar refractivity (Wildman–Crippen MR) is 103 cm³/mol. The van der Waals surface area contributed by atoms with Crippen molar-refractivity contribution in [1.82, 2.24) is 0 Å². The number of carbonyl (C=O) groups excluding carboxylic acids is 2. The van der Waals surface area contributed by atoms with E-state index in [0.717, 1.165) is 29.5 Å². The van der Waals surface area contributed by atoms with Gasteiger partial charge in [0.1, 0.15) is 10.6 Å². The van der Waals surface area contributed by atoms with Crippen LogP contribution < -0.4 is 5.32 Å². The van der Waals surface area contributed by atoms with E-state index < -0.39 is 5.97 Å². The summed E-state index contributed by atoms with van der Waals surface area (Å²) >= 11 is 1.39. The first-order chi connectivity index (χ1) is 12.6. The molecular weight excluding hydrogens is 346 g/mol. The summed E-state index contributed by atoms with van der Waals surface area (Å²) in [7, 11) is 1.38. The summed E-state index contributed by atoms with van der Waals surface area (Å²) in [6.45, 7) is 2.03. The number of ether oxygens (including phenoxy) is 1. The Morgan fingerprint density at radius 2 is 1.92 bits per heavy atom. The van der Waals surface area contributed by atoms with Crippen molar-refractivity contribution < 1.29 is 14.3 Å². The number of methoxy groups -OCH3 is 1. The van der Waals surface area contributed by atoms with Crippen LogP contribution in [-0.2, 0) is 9.53 Å². The smallest absolute Gasteiger partial charge is 0.341 e. The molecule has 0 spiro atoms. The minimum atomic E-state index is -0.412. The van der Waals surface area contributed by atoms with Crippen molar-refractivity contribution in [2.45, 2.75) is 32.6 Å². The highest BCUT2D eigenvalue weighted by molar-refractivity contribution is 7.15. The summed E-state index contributed by atoms with van der Waals surface area (Å²) in [6.07, 6.45) is 4.59. The maximum absolute atomic E-state index is 12.8. The van der Waals surface area contributed by atoms with Gasteiger partial charge in [0, 0.05) is 16.9 Å². The molecule has 1 aromatic heterocycles. The quantitative estimate of drug-likeness (QED) is 0.781. The third kappa shape index (κ3) is 3.05. The molecule has 4 nitrogen and oxygen atoms in total. The number of thiophene rings is 1. The van der Waals surface area contributed by atoms with Gasteiger partial charge in [-0.1, -0.05) is 36.2 Å². The van der Waals surface area contributed by atoms with Crippen LogP contribution in [0.5, 0.6) is 0 Å². The van der Waals surface area contributed by atoms with Crippen LogP contribution in [0.15, 0.2) is 29.6 Å².